The van der Waals surface area contributed by atoms with Crippen LogP contribution in [0.1, 0.15) is 79.6 Å². The fourth-order valence-corrected chi connectivity index (χ4v) is 4.94. The third-order valence-electron chi connectivity index (χ3n) is 6.65. The summed E-state index contributed by atoms with van der Waals surface area (Å²) >= 11 is 0. The zero-order chi connectivity index (χ0) is 22.0. The molecule has 2 aliphatic rings. The van der Waals surface area contributed by atoms with Crippen LogP contribution in [0.15, 0.2) is 30.5 Å². The molecule has 0 aliphatic carbocycles. The molecule has 1 N–H and O–H groups in total. The van der Waals surface area contributed by atoms with E-state index in [0.717, 1.165) is 43.7 Å². The quantitative estimate of drug-likeness (QED) is 0.783. The highest BCUT2D eigenvalue weighted by Crippen LogP contribution is 2.30. The number of morpholine rings is 1. The van der Waals surface area contributed by atoms with Gasteiger partial charge in [0.05, 0.1) is 29.7 Å². The molecule has 2 fully saturated rings. The molecule has 1 aromatic carbocycles. The number of aromatic nitrogens is 2. The molecule has 31 heavy (non-hydrogen) atoms. The molecule has 6 nitrogen and oxygen atoms in total. The Morgan fingerprint density at radius 1 is 1.13 bits per heavy atom. The van der Waals surface area contributed by atoms with E-state index in [2.05, 4.69) is 53.2 Å². The lowest BCUT2D eigenvalue weighted by Gasteiger charge is -2.36. The van der Waals surface area contributed by atoms with Crippen molar-refractivity contribution in [3.63, 3.8) is 0 Å². The van der Waals surface area contributed by atoms with Crippen molar-refractivity contribution in [3.05, 3.63) is 52.8 Å². The first-order chi connectivity index (χ1) is 14.9. The van der Waals surface area contributed by atoms with Crippen LogP contribution in [-0.4, -0.2) is 64.3 Å². The van der Waals surface area contributed by atoms with E-state index >= 15 is 0 Å². The number of aromatic amines is 1. The van der Waals surface area contributed by atoms with Crippen LogP contribution >= 0.6 is 0 Å². The third-order valence-corrected chi connectivity index (χ3v) is 6.65. The molecule has 0 spiro atoms. The highest BCUT2D eigenvalue weighted by atomic mass is 16.5. The maximum absolute atomic E-state index is 13.2. The lowest BCUT2D eigenvalue weighted by atomic mass is 9.90. The Morgan fingerprint density at radius 2 is 1.77 bits per heavy atom. The van der Waals surface area contributed by atoms with Crippen molar-refractivity contribution in [1.29, 1.82) is 0 Å². The monoisotopic (exact) mass is 424 g/mol. The number of benzene rings is 1. The lowest BCUT2D eigenvalue weighted by Crippen LogP contribution is -2.48. The van der Waals surface area contributed by atoms with Crippen LogP contribution in [0.3, 0.4) is 0 Å². The van der Waals surface area contributed by atoms with E-state index in [0.29, 0.717) is 24.9 Å². The minimum atomic E-state index is 0.0703. The van der Waals surface area contributed by atoms with Crippen molar-refractivity contribution in [2.24, 2.45) is 0 Å². The lowest BCUT2D eigenvalue weighted by molar-refractivity contribution is -0.0586. The summed E-state index contributed by atoms with van der Waals surface area (Å²) in [6, 6.07) is 9.03. The standard InChI is InChI=1S/C25H36N4O2/c1-17(2)21-7-5-20(6-8-21)16-28-11-9-22(10-12-28)24-23(13-26-27-24)25(30)29-14-18(3)31-19(4)15-29/h5-8,13,17-19,22H,9-12,14-16H2,1-4H3,(H,26,27)/t18-,19-/m1/s1. The van der Waals surface area contributed by atoms with Gasteiger partial charge in [-0.3, -0.25) is 14.8 Å². The predicted molar refractivity (Wildman–Crippen MR) is 122 cm³/mol. The Bertz CT molecular complexity index is 858. The van der Waals surface area contributed by atoms with E-state index in [9.17, 15) is 4.79 Å². The first-order valence-electron chi connectivity index (χ1n) is 11.7. The van der Waals surface area contributed by atoms with Crippen LogP contribution in [0.25, 0.3) is 0 Å². The molecule has 0 radical (unpaired) electrons. The number of piperidine rings is 1. The smallest absolute Gasteiger partial charge is 0.257 e. The Morgan fingerprint density at radius 3 is 2.39 bits per heavy atom. The van der Waals surface area contributed by atoms with E-state index in [1.807, 2.05) is 18.7 Å². The van der Waals surface area contributed by atoms with Gasteiger partial charge in [0.2, 0.25) is 0 Å². The fraction of sp³-hybridized carbons (Fsp3) is 0.600. The van der Waals surface area contributed by atoms with Gasteiger partial charge in [-0.25, -0.2) is 0 Å². The number of ether oxygens (including phenoxy) is 1. The summed E-state index contributed by atoms with van der Waals surface area (Å²) in [4.78, 5) is 17.6. The highest BCUT2D eigenvalue weighted by molar-refractivity contribution is 5.95. The summed E-state index contributed by atoms with van der Waals surface area (Å²) in [6.07, 6.45) is 3.94. The van der Waals surface area contributed by atoms with Crippen LogP contribution < -0.4 is 0 Å². The van der Waals surface area contributed by atoms with Gasteiger partial charge in [-0.1, -0.05) is 38.1 Å². The van der Waals surface area contributed by atoms with E-state index in [-0.39, 0.29) is 18.1 Å². The molecule has 4 rings (SSSR count). The Balaban J connectivity index is 1.35. The summed E-state index contributed by atoms with van der Waals surface area (Å²) in [6.45, 7) is 12.9. The largest absolute Gasteiger partial charge is 0.372 e. The van der Waals surface area contributed by atoms with E-state index in [4.69, 9.17) is 4.74 Å². The SMILES string of the molecule is CC(C)c1ccc(CN2CCC(c3[nH]ncc3C(=O)N3C[C@@H](C)O[C@H](C)C3)CC2)cc1. The number of likely N-dealkylation sites (tertiary alicyclic amines) is 1. The first-order valence-corrected chi connectivity index (χ1v) is 11.7. The summed E-state index contributed by atoms with van der Waals surface area (Å²) < 4.78 is 5.79. The van der Waals surface area contributed by atoms with Gasteiger partial charge in [0, 0.05) is 25.6 Å². The van der Waals surface area contributed by atoms with E-state index < -0.39 is 0 Å². The van der Waals surface area contributed by atoms with Crippen LogP contribution in [0.5, 0.6) is 0 Å². The van der Waals surface area contributed by atoms with Gasteiger partial charge < -0.3 is 9.64 Å². The second-order valence-corrected chi connectivity index (χ2v) is 9.61. The summed E-state index contributed by atoms with van der Waals surface area (Å²) in [5.74, 6) is 1.01. The van der Waals surface area contributed by atoms with Gasteiger partial charge in [0.1, 0.15) is 0 Å². The molecular formula is C25H36N4O2. The molecule has 1 amide bonds. The Kier molecular flexibility index (Phi) is 6.77. The summed E-state index contributed by atoms with van der Waals surface area (Å²) in [5.41, 5.74) is 4.51. The Labute approximate surface area is 186 Å². The molecule has 2 aliphatic heterocycles. The number of nitrogens with one attached hydrogen (secondary N) is 1. The van der Waals surface area contributed by atoms with Gasteiger partial charge in [0.15, 0.2) is 0 Å². The minimum absolute atomic E-state index is 0.0703. The average Bonchev–Trinajstić information content (AvgIpc) is 3.23. The molecule has 168 valence electrons. The van der Waals surface area contributed by atoms with Gasteiger partial charge in [-0.05, 0) is 56.8 Å². The maximum Gasteiger partial charge on any atom is 0.257 e. The fourth-order valence-electron chi connectivity index (χ4n) is 4.94. The normalized spacial score (nSPS) is 23.5. The van der Waals surface area contributed by atoms with Crippen molar-refractivity contribution in [3.8, 4) is 0 Å². The molecule has 2 aromatic rings. The first kappa shape index (κ1) is 22.0. The molecule has 2 atom stereocenters. The van der Waals surface area contributed by atoms with Crippen molar-refractivity contribution in [2.45, 2.75) is 71.1 Å². The number of H-pyrrole nitrogens is 1. The molecule has 0 saturated carbocycles. The van der Waals surface area contributed by atoms with E-state index in [1.54, 1.807) is 6.20 Å². The number of carbonyl (C=O) groups excluding carboxylic acids is 1. The van der Waals surface area contributed by atoms with Crippen molar-refractivity contribution in [1.82, 2.24) is 20.0 Å². The molecule has 3 heterocycles. The zero-order valence-electron chi connectivity index (χ0n) is 19.3. The molecule has 6 heteroatoms. The van der Waals surface area contributed by atoms with Crippen LogP contribution in [-0.2, 0) is 11.3 Å². The topological polar surface area (TPSA) is 61.5 Å². The van der Waals surface area contributed by atoms with Crippen molar-refractivity contribution >= 4 is 5.91 Å². The number of hydrogen-bond donors (Lipinski definition) is 1. The number of nitrogens with zero attached hydrogens (tertiary/aromatic N) is 3. The van der Waals surface area contributed by atoms with Gasteiger partial charge in [-0.15, -0.1) is 0 Å². The number of carbonyl (C=O) groups is 1. The maximum atomic E-state index is 13.2. The van der Waals surface area contributed by atoms with Crippen molar-refractivity contribution in [2.75, 3.05) is 26.2 Å². The van der Waals surface area contributed by atoms with Crippen molar-refractivity contribution < 1.29 is 9.53 Å². The Hall–Kier alpha value is -2.18. The number of rotatable bonds is 5. The van der Waals surface area contributed by atoms with Crippen LogP contribution in [0, 0.1) is 0 Å². The average molecular weight is 425 g/mol. The number of hydrogen-bond acceptors (Lipinski definition) is 4. The molecular weight excluding hydrogens is 388 g/mol. The van der Waals surface area contributed by atoms with Crippen LogP contribution in [0.4, 0.5) is 0 Å². The zero-order valence-corrected chi connectivity index (χ0v) is 19.3. The van der Waals surface area contributed by atoms with Gasteiger partial charge in [-0.2, -0.15) is 5.10 Å². The van der Waals surface area contributed by atoms with Gasteiger partial charge >= 0.3 is 0 Å². The molecule has 0 unspecified atom stereocenters. The second kappa shape index (κ2) is 9.53. The molecule has 2 saturated heterocycles. The summed E-state index contributed by atoms with van der Waals surface area (Å²) in [5, 5.41) is 7.40. The van der Waals surface area contributed by atoms with Crippen LogP contribution in [0.2, 0.25) is 0 Å². The van der Waals surface area contributed by atoms with Gasteiger partial charge in [0.25, 0.3) is 5.91 Å². The highest BCUT2D eigenvalue weighted by Gasteiger charge is 2.31. The minimum Gasteiger partial charge on any atom is -0.372 e. The molecule has 1 aromatic heterocycles. The molecule has 0 bridgehead atoms. The third kappa shape index (κ3) is 5.18. The number of amides is 1. The second-order valence-electron chi connectivity index (χ2n) is 9.61. The van der Waals surface area contributed by atoms with E-state index in [1.165, 1.54) is 11.1 Å². The predicted octanol–water partition coefficient (Wildman–Crippen LogP) is 4.16. The summed E-state index contributed by atoms with van der Waals surface area (Å²) in [7, 11) is 0.